The van der Waals surface area contributed by atoms with Gasteiger partial charge < -0.3 is 15.2 Å². The fourth-order valence-electron chi connectivity index (χ4n) is 1.92. The molecule has 0 amide bonds. The first-order valence-corrected chi connectivity index (χ1v) is 7.52. The van der Waals surface area contributed by atoms with E-state index < -0.39 is 0 Å². The summed E-state index contributed by atoms with van der Waals surface area (Å²) in [5.41, 5.74) is 6.17. The van der Waals surface area contributed by atoms with Gasteiger partial charge in [0.15, 0.2) is 5.75 Å². The molecular weight excluding hydrogens is 309 g/mol. The molecule has 3 rings (SSSR count). The maximum atomic E-state index is 6.11. The van der Waals surface area contributed by atoms with Gasteiger partial charge in [0.1, 0.15) is 11.5 Å². The van der Waals surface area contributed by atoms with Crippen LogP contribution in [-0.4, -0.2) is 6.61 Å². The van der Waals surface area contributed by atoms with Crippen molar-refractivity contribution >= 4 is 28.9 Å². The van der Waals surface area contributed by atoms with E-state index in [1.54, 1.807) is 12.1 Å². The number of rotatable bonds is 5. The fourth-order valence-corrected chi connectivity index (χ4v) is 2.50. The van der Waals surface area contributed by atoms with Gasteiger partial charge in [0, 0.05) is 11.8 Å². The van der Waals surface area contributed by atoms with E-state index in [9.17, 15) is 0 Å². The zero-order chi connectivity index (χ0) is 14.8. The van der Waals surface area contributed by atoms with Crippen LogP contribution >= 0.6 is 23.2 Å². The lowest BCUT2D eigenvalue weighted by Gasteiger charge is -2.12. The van der Waals surface area contributed by atoms with E-state index in [-0.39, 0.29) is 0 Å². The summed E-state index contributed by atoms with van der Waals surface area (Å²) in [7, 11) is 0. The van der Waals surface area contributed by atoms with E-state index in [0.29, 0.717) is 33.1 Å². The standard InChI is InChI=1S/C16H15Cl2NO2/c17-14-6-11(19)7-15(18)16(14)21-13-3-1-2-12(8-13)20-9-10-4-5-10/h1-3,6-8,10H,4-5,9,19H2. The van der Waals surface area contributed by atoms with Gasteiger partial charge in [-0.1, -0.05) is 29.3 Å². The van der Waals surface area contributed by atoms with E-state index in [1.807, 2.05) is 24.3 Å². The molecule has 1 saturated carbocycles. The Morgan fingerprint density at radius 1 is 1.05 bits per heavy atom. The number of ether oxygens (including phenoxy) is 2. The minimum Gasteiger partial charge on any atom is -0.493 e. The van der Waals surface area contributed by atoms with Crippen molar-refractivity contribution in [1.29, 1.82) is 0 Å². The van der Waals surface area contributed by atoms with Crippen molar-refractivity contribution in [2.24, 2.45) is 5.92 Å². The second-order valence-electron chi connectivity index (χ2n) is 5.14. The molecule has 0 atom stereocenters. The van der Waals surface area contributed by atoms with E-state index in [2.05, 4.69) is 0 Å². The predicted octanol–water partition coefficient (Wildman–Crippen LogP) is 5.16. The third-order valence-electron chi connectivity index (χ3n) is 3.23. The molecule has 2 N–H and O–H groups in total. The predicted molar refractivity (Wildman–Crippen MR) is 85.6 cm³/mol. The van der Waals surface area contributed by atoms with Gasteiger partial charge in [-0.25, -0.2) is 0 Å². The number of halogens is 2. The number of benzene rings is 2. The van der Waals surface area contributed by atoms with Crippen molar-refractivity contribution in [2.75, 3.05) is 12.3 Å². The molecule has 0 aliphatic heterocycles. The lowest BCUT2D eigenvalue weighted by Crippen LogP contribution is -1.98. The Morgan fingerprint density at radius 3 is 2.38 bits per heavy atom. The van der Waals surface area contributed by atoms with Crippen LogP contribution in [0.1, 0.15) is 12.8 Å². The Labute approximate surface area is 133 Å². The molecule has 1 fully saturated rings. The Bertz CT molecular complexity index is 633. The van der Waals surface area contributed by atoms with Gasteiger partial charge in [0.25, 0.3) is 0 Å². The van der Waals surface area contributed by atoms with Crippen LogP contribution in [0, 0.1) is 5.92 Å². The minimum atomic E-state index is 0.379. The number of nitrogen functional groups attached to an aromatic ring is 1. The number of anilines is 1. The summed E-state index contributed by atoms with van der Waals surface area (Å²) in [5.74, 6) is 2.50. The molecule has 0 radical (unpaired) electrons. The van der Waals surface area contributed by atoms with Crippen LogP contribution in [0.2, 0.25) is 10.0 Å². The largest absolute Gasteiger partial charge is 0.493 e. The molecule has 110 valence electrons. The van der Waals surface area contributed by atoms with Gasteiger partial charge in [0.05, 0.1) is 16.7 Å². The van der Waals surface area contributed by atoms with E-state index in [4.69, 9.17) is 38.4 Å². The van der Waals surface area contributed by atoms with Crippen LogP contribution in [0.25, 0.3) is 0 Å². The topological polar surface area (TPSA) is 44.5 Å². The Hall–Kier alpha value is -1.58. The van der Waals surface area contributed by atoms with Gasteiger partial charge in [0.2, 0.25) is 0 Å². The second kappa shape index (κ2) is 6.04. The number of nitrogens with two attached hydrogens (primary N) is 1. The van der Waals surface area contributed by atoms with Crippen molar-refractivity contribution in [3.8, 4) is 17.2 Å². The highest BCUT2D eigenvalue weighted by Gasteiger charge is 2.22. The molecule has 2 aromatic carbocycles. The Balaban J connectivity index is 1.76. The normalized spacial score (nSPS) is 14.0. The molecule has 0 bridgehead atoms. The number of hydrogen-bond donors (Lipinski definition) is 1. The average Bonchev–Trinajstić information content (AvgIpc) is 3.25. The summed E-state index contributed by atoms with van der Waals surface area (Å²) < 4.78 is 11.5. The van der Waals surface area contributed by atoms with Crippen LogP contribution in [0.4, 0.5) is 5.69 Å². The molecule has 1 aliphatic rings. The summed E-state index contributed by atoms with van der Waals surface area (Å²) in [4.78, 5) is 0. The quantitative estimate of drug-likeness (QED) is 0.773. The van der Waals surface area contributed by atoms with Crippen molar-refractivity contribution < 1.29 is 9.47 Å². The lowest BCUT2D eigenvalue weighted by atomic mass is 10.3. The van der Waals surface area contributed by atoms with Crippen LogP contribution in [-0.2, 0) is 0 Å². The summed E-state index contributed by atoms with van der Waals surface area (Å²) >= 11 is 12.2. The molecule has 0 aromatic heterocycles. The molecule has 5 heteroatoms. The highest BCUT2D eigenvalue weighted by molar-refractivity contribution is 6.37. The van der Waals surface area contributed by atoms with E-state index in [0.717, 1.165) is 12.4 Å². The SMILES string of the molecule is Nc1cc(Cl)c(Oc2cccc(OCC3CC3)c2)c(Cl)c1. The van der Waals surface area contributed by atoms with Crippen LogP contribution in [0.3, 0.4) is 0 Å². The molecule has 2 aromatic rings. The molecule has 0 spiro atoms. The molecule has 0 unspecified atom stereocenters. The summed E-state index contributed by atoms with van der Waals surface area (Å²) in [6, 6.07) is 10.6. The summed E-state index contributed by atoms with van der Waals surface area (Å²) in [5, 5.41) is 0.758. The van der Waals surface area contributed by atoms with Crippen molar-refractivity contribution in [2.45, 2.75) is 12.8 Å². The summed E-state index contributed by atoms with van der Waals surface area (Å²) in [6.45, 7) is 0.757. The van der Waals surface area contributed by atoms with Crippen molar-refractivity contribution in [3.63, 3.8) is 0 Å². The fraction of sp³-hybridized carbons (Fsp3) is 0.250. The van der Waals surface area contributed by atoms with Gasteiger partial charge in [-0.2, -0.15) is 0 Å². The van der Waals surface area contributed by atoms with Crippen molar-refractivity contribution in [3.05, 3.63) is 46.4 Å². The van der Waals surface area contributed by atoms with Crippen LogP contribution in [0.15, 0.2) is 36.4 Å². The van der Waals surface area contributed by atoms with Gasteiger partial charge in [-0.05, 0) is 43.0 Å². The third-order valence-corrected chi connectivity index (χ3v) is 3.79. The molecular formula is C16H15Cl2NO2. The molecule has 0 heterocycles. The lowest BCUT2D eigenvalue weighted by molar-refractivity contribution is 0.298. The first kappa shape index (κ1) is 14.4. The highest BCUT2D eigenvalue weighted by Crippen LogP contribution is 2.39. The first-order chi connectivity index (χ1) is 10.1. The molecule has 3 nitrogen and oxygen atoms in total. The minimum absolute atomic E-state index is 0.379. The number of hydrogen-bond acceptors (Lipinski definition) is 3. The molecule has 21 heavy (non-hydrogen) atoms. The summed E-state index contributed by atoms with van der Waals surface area (Å²) in [6.07, 6.45) is 2.51. The Morgan fingerprint density at radius 2 is 1.71 bits per heavy atom. The Kier molecular flexibility index (Phi) is 4.13. The average molecular weight is 324 g/mol. The van der Waals surface area contributed by atoms with Gasteiger partial charge in [-0.15, -0.1) is 0 Å². The maximum Gasteiger partial charge on any atom is 0.164 e. The molecule has 0 saturated heterocycles. The zero-order valence-corrected chi connectivity index (χ0v) is 12.8. The van der Waals surface area contributed by atoms with Gasteiger partial charge in [-0.3, -0.25) is 0 Å². The van der Waals surface area contributed by atoms with Gasteiger partial charge >= 0.3 is 0 Å². The van der Waals surface area contributed by atoms with Crippen LogP contribution in [0.5, 0.6) is 17.2 Å². The third kappa shape index (κ3) is 3.74. The van der Waals surface area contributed by atoms with E-state index >= 15 is 0 Å². The van der Waals surface area contributed by atoms with Crippen molar-refractivity contribution in [1.82, 2.24) is 0 Å². The zero-order valence-electron chi connectivity index (χ0n) is 11.3. The monoisotopic (exact) mass is 323 g/mol. The second-order valence-corrected chi connectivity index (χ2v) is 5.96. The smallest absolute Gasteiger partial charge is 0.164 e. The molecule has 1 aliphatic carbocycles. The maximum absolute atomic E-state index is 6.11. The highest BCUT2D eigenvalue weighted by atomic mass is 35.5. The van der Waals surface area contributed by atoms with Crippen LogP contribution < -0.4 is 15.2 Å². The van der Waals surface area contributed by atoms with E-state index in [1.165, 1.54) is 12.8 Å². The first-order valence-electron chi connectivity index (χ1n) is 6.77.